The Morgan fingerprint density at radius 2 is 1.68 bits per heavy atom. The maximum atomic E-state index is 13.1. The van der Waals surface area contributed by atoms with E-state index in [0.717, 1.165) is 31.2 Å². The van der Waals surface area contributed by atoms with Crippen molar-refractivity contribution in [3.05, 3.63) is 65.5 Å². The Kier molecular flexibility index (Phi) is 6.46. The van der Waals surface area contributed by atoms with Crippen LogP contribution in [0.15, 0.2) is 53.4 Å². The van der Waals surface area contributed by atoms with Crippen molar-refractivity contribution in [3.8, 4) is 0 Å². The van der Waals surface area contributed by atoms with E-state index >= 15 is 0 Å². The monoisotopic (exact) mass is 404 g/mol. The highest BCUT2D eigenvalue weighted by Crippen LogP contribution is 2.21. The summed E-state index contributed by atoms with van der Waals surface area (Å²) in [6.07, 6.45) is 3.79. The quantitative estimate of drug-likeness (QED) is 0.822. The van der Waals surface area contributed by atoms with Crippen molar-refractivity contribution in [1.29, 1.82) is 0 Å². The molecule has 0 radical (unpaired) electrons. The number of halogens is 1. The number of carbonyl (C=O) groups is 1. The summed E-state index contributed by atoms with van der Waals surface area (Å²) in [5, 5.41) is 2.83. The zero-order valence-corrected chi connectivity index (χ0v) is 16.7. The summed E-state index contributed by atoms with van der Waals surface area (Å²) in [6.45, 7) is 2.82. The maximum absolute atomic E-state index is 13.1. The molecule has 7 heteroatoms. The average molecular weight is 405 g/mol. The molecule has 5 nitrogen and oxygen atoms in total. The molecule has 0 spiro atoms. The van der Waals surface area contributed by atoms with Gasteiger partial charge in [0.2, 0.25) is 10.0 Å². The third kappa shape index (κ3) is 4.77. The van der Waals surface area contributed by atoms with Crippen molar-refractivity contribution in [2.75, 3.05) is 13.1 Å². The number of carbonyl (C=O) groups excluding carboxylic acids is 1. The van der Waals surface area contributed by atoms with Gasteiger partial charge in [0.15, 0.2) is 0 Å². The van der Waals surface area contributed by atoms with Gasteiger partial charge in [-0.1, -0.05) is 31.0 Å². The Morgan fingerprint density at radius 3 is 2.32 bits per heavy atom. The Bertz CT molecular complexity index is 921. The summed E-state index contributed by atoms with van der Waals surface area (Å²) in [5.41, 5.74) is 1.05. The molecular weight excluding hydrogens is 379 g/mol. The normalized spacial score (nSPS) is 16.9. The van der Waals surface area contributed by atoms with Gasteiger partial charge >= 0.3 is 0 Å². The molecule has 0 aromatic heterocycles. The van der Waals surface area contributed by atoms with Crippen molar-refractivity contribution < 1.29 is 17.6 Å². The van der Waals surface area contributed by atoms with Crippen LogP contribution in [0.4, 0.5) is 4.39 Å². The Morgan fingerprint density at radius 1 is 1.04 bits per heavy atom. The topological polar surface area (TPSA) is 66.5 Å². The number of sulfonamides is 1. The lowest BCUT2D eigenvalue weighted by molar-refractivity contribution is 0.0939. The summed E-state index contributed by atoms with van der Waals surface area (Å²) in [7, 11) is -3.62. The molecule has 2 aromatic rings. The van der Waals surface area contributed by atoms with E-state index in [4.69, 9.17) is 0 Å². The molecule has 1 amide bonds. The van der Waals surface area contributed by atoms with Crippen LogP contribution in [0.1, 0.15) is 54.6 Å². The summed E-state index contributed by atoms with van der Waals surface area (Å²) in [4.78, 5) is 12.7. The van der Waals surface area contributed by atoms with E-state index in [1.54, 1.807) is 31.2 Å². The van der Waals surface area contributed by atoms with E-state index in [1.165, 1.54) is 28.6 Å². The van der Waals surface area contributed by atoms with Crippen LogP contribution in [0, 0.1) is 5.82 Å². The predicted molar refractivity (Wildman–Crippen MR) is 106 cm³/mol. The molecule has 1 heterocycles. The van der Waals surface area contributed by atoms with E-state index in [-0.39, 0.29) is 28.2 Å². The Hall–Kier alpha value is -2.25. The summed E-state index contributed by atoms with van der Waals surface area (Å²) in [5.74, 6) is -0.710. The van der Waals surface area contributed by atoms with Crippen molar-refractivity contribution in [2.24, 2.45) is 0 Å². The van der Waals surface area contributed by atoms with Crippen LogP contribution in [0.25, 0.3) is 0 Å². The SMILES string of the molecule is C[C@H](NC(=O)c1cccc(S(=O)(=O)N2CCCCCC2)c1)c1ccc(F)cc1. The van der Waals surface area contributed by atoms with Crippen molar-refractivity contribution in [1.82, 2.24) is 9.62 Å². The van der Waals surface area contributed by atoms with Gasteiger partial charge < -0.3 is 5.32 Å². The van der Waals surface area contributed by atoms with Crippen LogP contribution in [0.2, 0.25) is 0 Å². The molecule has 1 aliphatic rings. The number of amides is 1. The average Bonchev–Trinajstić information content (AvgIpc) is 2.98. The fourth-order valence-electron chi connectivity index (χ4n) is 3.34. The highest BCUT2D eigenvalue weighted by atomic mass is 32.2. The second-order valence-corrected chi connectivity index (χ2v) is 9.03. The summed E-state index contributed by atoms with van der Waals surface area (Å²) in [6, 6.07) is 11.7. The maximum Gasteiger partial charge on any atom is 0.251 e. The number of nitrogens with one attached hydrogen (secondary N) is 1. The fourth-order valence-corrected chi connectivity index (χ4v) is 4.91. The zero-order valence-electron chi connectivity index (χ0n) is 15.9. The highest BCUT2D eigenvalue weighted by Gasteiger charge is 2.26. The minimum Gasteiger partial charge on any atom is -0.346 e. The third-order valence-corrected chi connectivity index (χ3v) is 6.91. The number of benzene rings is 2. The van der Waals surface area contributed by atoms with Crippen LogP contribution >= 0.6 is 0 Å². The van der Waals surface area contributed by atoms with E-state index in [9.17, 15) is 17.6 Å². The number of hydrogen-bond acceptors (Lipinski definition) is 3. The molecule has 1 fully saturated rings. The van der Waals surface area contributed by atoms with Crippen LogP contribution in [0.3, 0.4) is 0 Å². The molecule has 1 atom stereocenters. The molecule has 1 N–H and O–H groups in total. The first-order valence-corrected chi connectivity index (χ1v) is 11.0. The second kappa shape index (κ2) is 8.84. The summed E-state index contributed by atoms with van der Waals surface area (Å²) < 4.78 is 40.5. The molecule has 3 rings (SSSR count). The van der Waals surface area contributed by atoms with Gasteiger partial charge in [-0.3, -0.25) is 4.79 Å². The molecule has 1 saturated heterocycles. The molecule has 0 unspecified atom stereocenters. The standard InChI is InChI=1S/C21H25FN2O3S/c1-16(17-9-11-19(22)12-10-17)23-21(25)18-7-6-8-20(15-18)28(26,27)24-13-4-2-3-5-14-24/h6-12,15-16H,2-5,13-14H2,1H3,(H,23,25)/t16-/m0/s1. The molecule has 0 bridgehead atoms. The first-order valence-electron chi connectivity index (χ1n) is 9.54. The van der Waals surface area contributed by atoms with Crippen LogP contribution in [-0.4, -0.2) is 31.7 Å². The number of rotatable bonds is 5. The third-order valence-electron chi connectivity index (χ3n) is 5.02. The van der Waals surface area contributed by atoms with E-state index in [2.05, 4.69) is 5.32 Å². The van der Waals surface area contributed by atoms with Crippen LogP contribution < -0.4 is 5.32 Å². The Labute approximate surface area is 165 Å². The fraction of sp³-hybridized carbons (Fsp3) is 0.381. The van der Waals surface area contributed by atoms with E-state index in [0.29, 0.717) is 13.1 Å². The van der Waals surface area contributed by atoms with Crippen molar-refractivity contribution in [2.45, 2.75) is 43.5 Å². The van der Waals surface area contributed by atoms with Gasteiger partial charge in [0, 0.05) is 18.7 Å². The molecule has 28 heavy (non-hydrogen) atoms. The van der Waals surface area contributed by atoms with E-state index < -0.39 is 10.0 Å². The predicted octanol–water partition coefficient (Wildman–Crippen LogP) is 3.88. The smallest absolute Gasteiger partial charge is 0.251 e. The highest BCUT2D eigenvalue weighted by molar-refractivity contribution is 7.89. The Balaban J connectivity index is 1.76. The molecular formula is C21H25FN2O3S. The molecule has 1 aliphatic heterocycles. The first kappa shape index (κ1) is 20.5. The lowest BCUT2D eigenvalue weighted by Crippen LogP contribution is -2.32. The number of nitrogens with zero attached hydrogens (tertiary/aromatic N) is 1. The summed E-state index contributed by atoms with van der Waals surface area (Å²) >= 11 is 0. The van der Waals surface area contributed by atoms with Gasteiger partial charge in [0.1, 0.15) is 5.82 Å². The van der Waals surface area contributed by atoms with Gasteiger partial charge in [0.05, 0.1) is 10.9 Å². The number of hydrogen-bond donors (Lipinski definition) is 1. The van der Waals surface area contributed by atoms with Gasteiger partial charge in [-0.15, -0.1) is 0 Å². The van der Waals surface area contributed by atoms with Gasteiger partial charge in [0.25, 0.3) is 5.91 Å². The molecule has 0 saturated carbocycles. The van der Waals surface area contributed by atoms with Crippen molar-refractivity contribution >= 4 is 15.9 Å². The van der Waals surface area contributed by atoms with Crippen LogP contribution in [-0.2, 0) is 10.0 Å². The minimum atomic E-state index is -3.62. The second-order valence-electron chi connectivity index (χ2n) is 7.09. The lowest BCUT2D eigenvalue weighted by Gasteiger charge is -2.20. The van der Waals surface area contributed by atoms with Crippen molar-refractivity contribution in [3.63, 3.8) is 0 Å². The van der Waals surface area contributed by atoms with E-state index in [1.807, 2.05) is 0 Å². The van der Waals surface area contributed by atoms with Gasteiger partial charge in [-0.2, -0.15) is 4.31 Å². The van der Waals surface area contributed by atoms with Gasteiger partial charge in [-0.05, 0) is 55.7 Å². The molecule has 0 aliphatic carbocycles. The molecule has 2 aromatic carbocycles. The van der Waals surface area contributed by atoms with Gasteiger partial charge in [-0.25, -0.2) is 12.8 Å². The first-order chi connectivity index (χ1) is 13.4. The lowest BCUT2D eigenvalue weighted by atomic mass is 10.1. The van der Waals surface area contributed by atoms with Crippen LogP contribution in [0.5, 0.6) is 0 Å². The zero-order chi connectivity index (χ0) is 20.1. The largest absolute Gasteiger partial charge is 0.346 e. The molecule has 150 valence electrons. The minimum absolute atomic E-state index is 0.136.